The molecule has 0 bridgehead atoms. The van der Waals surface area contributed by atoms with Gasteiger partial charge in [-0.1, -0.05) is 69.9 Å². The number of likely N-dealkylation sites (N-methyl/N-ethyl adjacent to an activating group) is 2. The average molecular weight is 453 g/mol. The fourth-order valence-electron chi connectivity index (χ4n) is 4.44. The van der Waals surface area contributed by atoms with Crippen LogP contribution in [0.25, 0.3) is 0 Å². The van der Waals surface area contributed by atoms with Crippen molar-refractivity contribution in [2.45, 2.75) is 71.3 Å². The van der Waals surface area contributed by atoms with E-state index in [1.165, 1.54) is 58.2 Å². The Balaban J connectivity index is 1.75. The molecule has 0 spiro atoms. The molecule has 2 fully saturated rings. The van der Waals surface area contributed by atoms with Gasteiger partial charge >= 0.3 is 6.03 Å². The van der Waals surface area contributed by atoms with Crippen LogP contribution in [-0.2, 0) is 16.0 Å². The summed E-state index contributed by atoms with van der Waals surface area (Å²) in [5, 5.41) is 1.89. The van der Waals surface area contributed by atoms with E-state index in [0.717, 1.165) is 27.5 Å². The van der Waals surface area contributed by atoms with Gasteiger partial charge in [-0.05, 0) is 30.9 Å². The Labute approximate surface area is 197 Å². The maximum absolute atomic E-state index is 12.7. The molecule has 0 radical (unpaired) electrons. The molecule has 0 saturated carbocycles. The molecule has 3 rings (SSSR count). The highest BCUT2D eigenvalue weighted by molar-refractivity contribution is 6.28. The molecule has 1 unspecified atom stereocenters. The van der Waals surface area contributed by atoms with E-state index in [2.05, 4.69) is 43.2 Å². The van der Waals surface area contributed by atoms with E-state index in [0.29, 0.717) is 12.1 Å². The molecule has 2 heterocycles. The van der Waals surface area contributed by atoms with Crippen molar-refractivity contribution in [1.29, 1.82) is 0 Å². The number of benzene rings is 1. The first-order chi connectivity index (χ1) is 15.8. The van der Waals surface area contributed by atoms with Crippen molar-refractivity contribution in [3.05, 3.63) is 58.9 Å². The van der Waals surface area contributed by atoms with Gasteiger partial charge < -0.3 is 5.43 Å². The number of carbonyl (C=O) groups excluding carboxylic acids is 3. The van der Waals surface area contributed by atoms with Crippen LogP contribution in [0.15, 0.2) is 47.8 Å². The predicted molar refractivity (Wildman–Crippen MR) is 129 cm³/mol. The molecule has 7 heteroatoms. The molecule has 1 aromatic carbocycles. The molecule has 7 nitrogen and oxygen atoms in total. The molecule has 2 aliphatic rings. The van der Waals surface area contributed by atoms with Crippen molar-refractivity contribution in [3.8, 4) is 0 Å². The topological polar surface area (TPSA) is 73.0 Å². The molecule has 1 N–H and O–H groups in total. The van der Waals surface area contributed by atoms with Crippen LogP contribution in [0.2, 0.25) is 0 Å². The smallest absolute Gasteiger partial charge is 0.301 e. The van der Waals surface area contributed by atoms with Gasteiger partial charge in [0.1, 0.15) is 5.57 Å². The normalized spacial score (nSPS) is 19.0. The van der Waals surface area contributed by atoms with E-state index in [4.69, 9.17) is 0 Å². The van der Waals surface area contributed by atoms with E-state index < -0.39 is 17.8 Å². The standard InChI is InChI=1S/C26H36N4O3/c1-6-7-8-9-10-11-12-19-13-15-20(16-14-19)22-17-21(27-30(22)18(2)3)23-24(31)28(4)26(33)29(5)25(23)32/h13-16,22,27H,2,6-12,17H2,1,3-5H3. The first-order valence-electron chi connectivity index (χ1n) is 11.9. The predicted octanol–water partition coefficient (Wildman–Crippen LogP) is 4.68. The summed E-state index contributed by atoms with van der Waals surface area (Å²) in [6, 6.07) is 7.85. The summed E-state index contributed by atoms with van der Waals surface area (Å²) < 4.78 is 0. The zero-order valence-corrected chi connectivity index (χ0v) is 20.3. The molecule has 4 amide bonds. The highest BCUT2D eigenvalue weighted by Crippen LogP contribution is 2.36. The highest BCUT2D eigenvalue weighted by atomic mass is 16.2. The number of allylic oxidation sites excluding steroid dienone is 1. The number of barbiturate groups is 1. The van der Waals surface area contributed by atoms with Crippen molar-refractivity contribution >= 4 is 17.8 Å². The molecule has 2 aliphatic heterocycles. The molecule has 2 saturated heterocycles. The number of amides is 4. The first-order valence-corrected chi connectivity index (χ1v) is 11.9. The van der Waals surface area contributed by atoms with Gasteiger partial charge in [0, 0.05) is 26.2 Å². The summed E-state index contributed by atoms with van der Waals surface area (Å²) in [5.74, 6) is -1.16. The number of hydrogen-bond acceptors (Lipinski definition) is 5. The number of aryl methyl sites for hydroxylation is 1. The maximum Gasteiger partial charge on any atom is 0.333 e. The van der Waals surface area contributed by atoms with Crippen LogP contribution in [0, 0.1) is 0 Å². The third-order valence-electron chi connectivity index (χ3n) is 6.47. The number of imide groups is 2. The lowest BCUT2D eigenvalue weighted by atomic mass is 9.97. The number of nitrogens with one attached hydrogen (secondary N) is 1. The van der Waals surface area contributed by atoms with E-state index in [-0.39, 0.29) is 11.6 Å². The third-order valence-corrected chi connectivity index (χ3v) is 6.47. The van der Waals surface area contributed by atoms with Gasteiger partial charge in [-0.15, -0.1) is 0 Å². The summed E-state index contributed by atoms with van der Waals surface area (Å²) in [4.78, 5) is 39.5. The van der Waals surface area contributed by atoms with Gasteiger partial charge in [-0.2, -0.15) is 0 Å². The van der Waals surface area contributed by atoms with Crippen molar-refractivity contribution < 1.29 is 14.4 Å². The summed E-state index contributed by atoms with van der Waals surface area (Å²) in [6.07, 6.45) is 9.21. The lowest BCUT2D eigenvalue weighted by Gasteiger charge is -2.30. The zero-order chi connectivity index (χ0) is 24.1. The number of hydrazine groups is 1. The van der Waals surface area contributed by atoms with Crippen LogP contribution in [0.1, 0.15) is 76.0 Å². The van der Waals surface area contributed by atoms with Crippen LogP contribution >= 0.6 is 0 Å². The van der Waals surface area contributed by atoms with Gasteiger partial charge in [-0.25, -0.2) is 4.79 Å². The van der Waals surface area contributed by atoms with Crippen LogP contribution in [0.3, 0.4) is 0 Å². The van der Waals surface area contributed by atoms with Crippen LogP contribution in [0.5, 0.6) is 0 Å². The van der Waals surface area contributed by atoms with Crippen LogP contribution in [-0.4, -0.2) is 46.7 Å². The number of hydrogen-bond donors (Lipinski definition) is 1. The Morgan fingerprint density at radius 3 is 2.12 bits per heavy atom. The van der Waals surface area contributed by atoms with Gasteiger partial charge in [0.15, 0.2) is 0 Å². The monoisotopic (exact) mass is 452 g/mol. The zero-order valence-electron chi connectivity index (χ0n) is 20.3. The Hall–Kier alpha value is -3.09. The van der Waals surface area contributed by atoms with E-state index >= 15 is 0 Å². The summed E-state index contributed by atoms with van der Waals surface area (Å²) in [7, 11) is 2.78. The second-order valence-corrected chi connectivity index (χ2v) is 9.06. The van der Waals surface area contributed by atoms with Crippen LogP contribution in [0.4, 0.5) is 4.79 Å². The van der Waals surface area contributed by atoms with Gasteiger partial charge in [0.05, 0.1) is 11.7 Å². The van der Waals surface area contributed by atoms with Crippen molar-refractivity contribution in [2.75, 3.05) is 14.1 Å². The van der Waals surface area contributed by atoms with E-state index in [1.54, 1.807) is 0 Å². The third kappa shape index (κ3) is 5.29. The summed E-state index contributed by atoms with van der Waals surface area (Å²) in [6.45, 7) is 8.17. The Morgan fingerprint density at radius 1 is 0.970 bits per heavy atom. The minimum absolute atomic E-state index is 0.00745. The van der Waals surface area contributed by atoms with Gasteiger partial charge in [0.25, 0.3) is 11.8 Å². The fraction of sp³-hybridized carbons (Fsp3) is 0.500. The number of urea groups is 1. The SMILES string of the molecule is C=C(C)N1NC(=C2C(=O)N(C)C(=O)N(C)C2=O)CC1c1ccc(CCCCCCCC)cc1. The van der Waals surface area contributed by atoms with Crippen molar-refractivity contribution in [2.24, 2.45) is 0 Å². The number of unbranched alkanes of at least 4 members (excludes halogenated alkanes) is 5. The largest absolute Gasteiger partial charge is 0.333 e. The number of nitrogens with zero attached hydrogens (tertiary/aromatic N) is 3. The van der Waals surface area contributed by atoms with Crippen molar-refractivity contribution in [3.63, 3.8) is 0 Å². The first kappa shape index (κ1) is 24.6. The lowest BCUT2D eigenvalue weighted by Crippen LogP contribution is -2.53. The number of carbonyl (C=O) groups is 3. The minimum Gasteiger partial charge on any atom is -0.301 e. The highest BCUT2D eigenvalue weighted by Gasteiger charge is 2.42. The molecule has 1 aromatic rings. The van der Waals surface area contributed by atoms with Gasteiger partial charge in [0.2, 0.25) is 0 Å². The summed E-state index contributed by atoms with van der Waals surface area (Å²) >= 11 is 0. The molecule has 178 valence electrons. The molecule has 0 aromatic heterocycles. The Bertz CT molecular complexity index is 925. The Kier molecular flexibility index (Phi) is 7.95. The van der Waals surface area contributed by atoms with E-state index in [9.17, 15) is 14.4 Å². The number of rotatable bonds is 9. The Morgan fingerprint density at radius 2 is 1.55 bits per heavy atom. The van der Waals surface area contributed by atoms with E-state index in [1.807, 2.05) is 11.9 Å². The van der Waals surface area contributed by atoms with Crippen LogP contribution < -0.4 is 5.43 Å². The summed E-state index contributed by atoms with van der Waals surface area (Å²) in [5.41, 5.74) is 6.91. The second-order valence-electron chi connectivity index (χ2n) is 9.06. The van der Waals surface area contributed by atoms with Crippen molar-refractivity contribution in [1.82, 2.24) is 20.2 Å². The molecule has 33 heavy (non-hydrogen) atoms. The van der Waals surface area contributed by atoms with Gasteiger partial charge in [-0.3, -0.25) is 24.4 Å². The molecular formula is C26H36N4O3. The molecule has 1 atom stereocenters. The maximum atomic E-state index is 12.7. The quantitative estimate of drug-likeness (QED) is 0.335. The molecule has 0 aliphatic carbocycles. The average Bonchev–Trinajstić information content (AvgIpc) is 3.24. The fourth-order valence-corrected chi connectivity index (χ4v) is 4.44. The molecular weight excluding hydrogens is 416 g/mol. The minimum atomic E-state index is -0.624. The second kappa shape index (κ2) is 10.7. The lowest BCUT2D eigenvalue weighted by molar-refractivity contribution is -0.134.